The van der Waals surface area contributed by atoms with E-state index in [2.05, 4.69) is 4.99 Å². The van der Waals surface area contributed by atoms with Gasteiger partial charge in [0, 0.05) is 18.7 Å². The van der Waals surface area contributed by atoms with Gasteiger partial charge < -0.3 is 9.84 Å². The lowest BCUT2D eigenvalue weighted by Gasteiger charge is -2.28. The number of carbonyl (C=O) groups excluding carboxylic acids is 1. The van der Waals surface area contributed by atoms with Gasteiger partial charge in [-0.1, -0.05) is 36.4 Å². The molecule has 0 fully saturated rings. The van der Waals surface area contributed by atoms with Crippen LogP contribution in [0.1, 0.15) is 30.9 Å². The fourth-order valence-corrected chi connectivity index (χ4v) is 3.09. The third-order valence-electron chi connectivity index (χ3n) is 4.20. The number of nitrogens with zero attached hydrogens (tertiary/aromatic N) is 1. The van der Waals surface area contributed by atoms with Gasteiger partial charge in [-0.3, -0.25) is 9.79 Å². The number of phenols is 1. The van der Waals surface area contributed by atoms with Gasteiger partial charge >= 0.3 is 5.97 Å². The molecule has 0 spiro atoms. The highest BCUT2D eigenvalue weighted by Gasteiger charge is 2.38. The van der Waals surface area contributed by atoms with Crippen molar-refractivity contribution in [3.63, 3.8) is 0 Å². The molecule has 0 saturated carbocycles. The van der Waals surface area contributed by atoms with Crippen molar-refractivity contribution in [1.29, 1.82) is 0 Å². The van der Waals surface area contributed by atoms with Crippen molar-refractivity contribution in [2.24, 2.45) is 4.99 Å². The highest BCUT2D eigenvalue weighted by molar-refractivity contribution is 5.90. The summed E-state index contributed by atoms with van der Waals surface area (Å²) in [6, 6.07) is 15.2. The van der Waals surface area contributed by atoms with Crippen LogP contribution in [-0.2, 0) is 14.9 Å². The second-order valence-corrected chi connectivity index (χ2v) is 5.60. The van der Waals surface area contributed by atoms with Crippen LogP contribution in [0.3, 0.4) is 0 Å². The molecule has 118 valence electrons. The third kappa shape index (κ3) is 2.84. The van der Waals surface area contributed by atoms with Crippen LogP contribution in [0.2, 0.25) is 0 Å². The Balaban J connectivity index is 2.01. The predicted molar refractivity (Wildman–Crippen MR) is 89.3 cm³/mol. The summed E-state index contributed by atoms with van der Waals surface area (Å²) in [4.78, 5) is 16.3. The first kappa shape index (κ1) is 15.3. The predicted octanol–water partition coefficient (Wildman–Crippen LogP) is 3.74. The van der Waals surface area contributed by atoms with Crippen LogP contribution in [-0.4, -0.2) is 23.9 Å². The van der Waals surface area contributed by atoms with E-state index in [-0.39, 0.29) is 11.7 Å². The fraction of sp³-hybridized carbons (Fsp3) is 0.263. The molecule has 1 aliphatic heterocycles. The number of fused-ring (bicyclic) bond motifs is 1. The first-order chi connectivity index (χ1) is 11.2. The topological polar surface area (TPSA) is 58.9 Å². The quantitative estimate of drug-likeness (QED) is 0.856. The van der Waals surface area contributed by atoms with Gasteiger partial charge in [0.15, 0.2) is 0 Å². The maximum atomic E-state index is 11.8. The number of phenolic OH excluding ortho intramolecular Hbond substituents is 1. The summed E-state index contributed by atoms with van der Waals surface area (Å²) < 4.78 is 5.07. The highest BCUT2D eigenvalue weighted by Crippen LogP contribution is 2.45. The molecule has 0 aromatic heterocycles. The summed E-state index contributed by atoms with van der Waals surface area (Å²) in [5.74, 6) is -0.0152. The van der Waals surface area contributed by atoms with Gasteiger partial charge in [0.05, 0.1) is 17.7 Å². The minimum absolute atomic E-state index is 0.190. The summed E-state index contributed by atoms with van der Waals surface area (Å²) in [7, 11) is 0. The average Bonchev–Trinajstić information content (AvgIpc) is 2.93. The molecule has 1 atom stereocenters. The molecule has 1 heterocycles. The number of aliphatic imine (C=N–C) groups is 1. The maximum absolute atomic E-state index is 11.8. The number of aromatic hydroxyl groups is 1. The van der Waals surface area contributed by atoms with E-state index in [4.69, 9.17) is 4.74 Å². The molecule has 0 radical (unpaired) electrons. The Morgan fingerprint density at radius 2 is 2.00 bits per heavy atom. The van der Waals surface area contributed by atoms with Crippen LogP contribution in [0.15, 0.2) is 53.5 Å². The second-order valence-electron chi connectivity index (χ2n) is 5.60. The molecule has 3 rings (SSSR count). The summed E-state index contributed by atoms with van der Waals surface area (Å²) in [5.41, 5.74) is 2.37. The molecule has 0 bridgehead atoms. The van der Waals surface area contributed by atoms with Gasteiger partial charge in [0.2, 0.25) is 0 Å². The van der Waals surface area contributed by atoms with E-state index < -0.39 is 5.41 Å². The number of ether oxygens (including phenoxy) is 1. The molecule has 2 aromatic rings. The van der Waals surface area contributed by atoms with E-state index >= 15 is 0 Å². The summed E-state index contributed by atoms with van der Waals surface area (Å²) in [6.45, 7) is 2.19. The minimum atomic E-state index is -0.461. The SMILES string of the molecule is CCOC(=O)CCC1(c2ccccc2)C=Nc2cc(O)ccc21. The van der Waals surface area contributed by atoms with E-state index in [1.165, 1.54) is 0 Å². The Morgan fingerprint density at radius 3 is 2.74 bits per heavy atom. The lowest BCUT2D eigenvalue weighted by Crippen LogP contribution is -2.28. The van der Waals surface area contributed by atoms with Crippen LogP contribution in [0.4, 0.5) is 5.69 Å². The van der Waals surface area contributed by atoms with Gasteiger partial charge in [0.25, 0.3) is 0 Å². The highest BCUT2D eigenvalue weighted by atomic mass is 16.5. The summed E-state index contributed by atoms with van der Waals surface area (Å²) in [6.07, 6.45) is 2.78. The van der Waals surface area contributed by atoms with Gasteiger partial charge in [-0.2, -0.15) is 0 Å². The Hall–Kier alpha value is -2.62. The van der Waals surface area contributed by atoms with Gasteiger partial charge in [-0.25, -0.2) is 0 Å². The molecule has 4 heteroatoms. The number of carbonyl (C=O) groups is 1. The van der Waals surface area contributed by atoms with Crippen LogP contribution in [0.5, 0.6) is 5.75 Å². The lowest BCUT2D eigenvalue weighted by atomic mass is 9.73. The van der Waals surface area contributed by atoms with Gasteiger partial charge in [-0.05, 0) is 30.5 Å². The molecular weight excluding hydrogens is 290 g/mol. The number of esters is 1. The van der Waals surface area contributed by atoms with Crippen molar-refractivity contribution in [2.45, 2.75) is 25.2 Å². The smallest absolute Gasteiger partial charge is 0.305 e. The van der Waals surface area contributed by atoms with Crippen LogP contribution in [0, 0.1) is 0 Å². The molecule has 4 nitrogen and oxygen atoms in total. The fourth-order valence-electron chi connectivity index (χ4n) is 3.09. The average molecular weight is 309 g/mol. The molecule has 0 amide bonds. The van der Waals surface area contributed by atoms with Crippen molar-refractivity contribution in [2.75, 3.05) is 6.61 Å². The summed E-state index contributed by atoms with van der Waals surface area (Å²) >= 11 is 0. The van der Waals surface area contributed by atoms with Crippen LogP contribution < -0.4 is 0 Å². The van der Waals surface area contributed by atoms with E-state index in [1.54, 1.807) is 19.1 Å². The molecule has 1 N–H and O–H groups in total. The van der Waals surface area contributed by atoms with Crippen molar-refractivity contribution in [1.82, 2.24) is 0 Å². The first-order valence-corrected chi connectivity index (χ1v) is 7.75. The largest absolute Gasteiger partial charge is 0.508 e. The van der Waals surface area contributed by atoms with Gasteiger partial charge in [-0.15, -0.1) is 0 Å². The zero-order valence-electron chi connectivity index (χ0n) is 13.0. The standard InChI is InChI=1S/C19H19NO3/c1-2-23-18(22)10-11-19(14-6-4-3-5-7-14)13-20-17-12-15(21)8-9-16(17)19/h3-9,12-13,21H,2,10-11H2,1H3. The third-order valence-corrected chi connectivity index (χ3v) is 4.20. The van der Waals surface area contributed by atoms with Crippen molar-refractivity contribution in [3.05, 3.63) is 59.7 Å². The molecule has 0 aliphatic carbocycles. The number of benzene rings is 2. The van der Waals surface area contributed by atoms with Crippen molar-refractivity contribution < 1.29 is 14.6 Å². The molecule has 2 aromatic carbocycles. The number of hydrogen-bond acceptors (Lipinski definition) is 4. The van der Waals surface area contributed by atoms with E-state index in [1.807, 2.05) is 42.6 Å². The zero-order chi connectivity index (χ0) is 16.3. The Kier molecular flexibility index (Phi) is 4.15. The Morgan fingerprint density at radius 1 is 1.22 bits per heavy atom. The lowest BCUT2D eigenvalue weighted by molar-refractivity contribution is -0.143. The molecule has 1 aliphatic rings. The van der Waals surface area contributed by atoms with Gasteiger partial charge in [0.1, 0.15) is 5.75 Å². The summed E-state index contributed by atoms with van der Waals surface area (Å²) in [5, 5.41) is 9.68. The minimum Gasteiger partial charge on any atom is -0.508 e. The zero-order valence-corrected chi connectivity index (χ0v) is 13.0. The maximum Gasteiger partial charge on any atom is 0.305 e. The van der Waals surface area contributed by atoms with Crippen LogP contribution >= 0.6 is 0 Å². The van der Waals surface area contributed by atoms with E-state index in [0.717, 1.165) is 16.8 Å². The second kappa shape index (κ2) is 6.24. The molecule has 1 unspecified atom stereocenters. The van der Waals surface area contributed by atoms with E-state index in [0.29, 0.717) is 19.4 Å². The van der Waals surface area contributed by atoms with E-state index in [9.17, 15) is 9.90 Å². The Labute approximate surface area is 135 Å². The normalized spacial score (nSPS) is 18.7. The van der Waals surface area contributed by atoms with Crippen LogP contribution in [0.25, 0.3) is 0 Å². The number of rotatable bonds is 5. The first-order valence-electron chi connectivity index (χ1n) is 7.75. The number of hydrogen-bond donors (Lipinski definition) is 1. The van der Waals surface area contributed by atoms with Crippen molar-refractivity contribution >= 4 is 17.9 Å². The molecular formula is C19H19NO3. The Bertz CT molecular complexity index is 740. The molecule has 0 saturated heterocycles. The molecule has 23 heavy (non-hydrogen) atoms. The van der Waals surface area contributed by atoms with Crippen molar-refractivity contribution in [3.8, 4) is 5.75 Å². The monoisotopic (exact) mass is 309 g/mol.